The molecule has 82 valence electrons. The zero-order chi connectivity index (χ0) is 10.6. The van der Waals surface area contributed by atoms with Gasteiger partial charge in [0.15, 0.2) is 0 Å². The van der Waals surface area contributed by atoms with Crippen LogP contribution >= 0.6 is 0 Å². The van der Waals surface area contributed by atoms with Crippen molar-refractivity contribution in [3.05, 3.63) is 18.5 Å². The summed E-state index contributed by atoms with van der Waals surface area (Å²) in [5.74, 6) is 0.761. The van der Waals surface area contributed by atoms with Gasteiger partial charge in [0.25, 0.3) is 0 Å². The van der Waals surface area contributed by atoms with E-state index in [0.717, 1.165) is 12.5 Å². The van der Waals surface area contributed by atoms with E-state index in [0.29, 0.717) is 5.41 Å². The molecule has 0 amide bonds. The van der Waals surface area contributed by atoms with Crippen LogP contribution in [0.1, 0.15) is 39.0 Å². The molecule has 1 heterocycles. The van der Waals surface area contributed by atoms with Crippen molar-refractivity contribution in [2.75, 3.05) is 11.9 Å². The van der Waals surface area contributed by atoms with Gasteiger partial charge in [-0.05, 0) is 30.7 Å². The van der Waals surface area contributed by atoms with Gasteiger partial charge in [0.05, 0.1) is 0 Å². The predicted molar refractivity (Wildman–Crippen MR) is 61.7 cm³/mol. The van der Waals surface area contributed by atoms with Gasteiger partial charge in [-0.15, -0.1) is 0 Å². The molecule has 1 aromatic heterocycles. The molecule has 1 aromatic rings. The molecule has 0 spiro atoms. The molecule has 1 saturated carbocycles. The van der Waals surface area contributed by atoms with Crippen molar-refractivity contribution in [3.8, 4) is 0 Å². The normalized spacial score (nSPS) is 19.0. The second-order valence-corrected chi connectivity index (χ2v) is 4.49. The zero-order valence-electron chi connectivity index (χ0n) is 9.37. The summed E-state index contributed by atoms with van der Waals surface area (Å²) in [5.41, 5.74) is 0.499. The third-order valence-electron chi connectivity index (χ3n) is 3.60. The standard InChI is InChI=1S/C12H19N3/c1-2-12(6-3-4-7-12)10-15-11-13-8-5-9-14-11/h5,8-9H,2-4,6-7,10H2,1H3,(H,13,14,15). The molecule has 0 radical (unpaired) electrons. The lowest BCUT2D eigenvalue weighted by atomic mass is 9.83. The van der Waals surface area contributed by atoms with Crippen molar-refractivity contribution in [1.82, 2.24) is 9.97 Å². The lowest BCUT2D eigenvalue weighted by molar-refractivity contribution is 0.306. The van der Waals surface area contributed by atoms with Crippen molar-refractivity contribution in [2.45, 2.75) is 39.0 Å². The van der Waals surface area contributed by atoms with Crippen LogP contribution in [0.2, 0.25) is 0 Å². The molecule has 1 N–H and O–H groups in total. The van der Waals surface area contributed by atoms with Gasteiger partial charge in [0, 0.05) is 18.9 Å². The molecule has 0 saturated heterocycles. The Morgan fingerprint density at radius 3 is 2.53 bits per heavy atom. The predicted octanol–water partition coefficient (Wildman–Crippen LogP) is 2.86. The summed E-state index contributed by atoms with van der Waals surface area (Å²) in [5, 5.41) is 3.36. The number of nitrogens with zero attached hydrogens (tertiary/aromatic N) is 2. The minimum absolute atomic E-state index is 0.499. The van der Waals surface area contributed by atoms with Gasteiger partial charge in [-0.3, -0.25) is 0 Å². The third kappa shape index (κ3) is 2.46. The largest absolute Gasteiger partial charge is 0.354 e. The highest BCUT2D eigenvalue weighted by molar-refractivity contribution is 5.22. The Balaban J connectivity index is 1.92. The lowest BCUT2D eigenvalue weighted by Crippen LogP contribution is -2.26. The Morgan fingerprint density at radius 2 is 1.93 bits per heavy atom. The van der Waals surface area contributed by atoms with Gasteiger partial charge in [-0.1, -0.05) is 19.8 Å². The van der Waals surface area contributed by atoms with Crippen LogP contribution in [-0.4, -0.2) is 16.5 Å². The van der Waals surface area contributed by atoms with Crippen molar-refractivity contribution in [1.29, 1.82) is 0 Å². The maximum atomic E-state index is 4.18. The van der Waals surface area contributed by atoms with Crippen LogP contribution in [0.25, 0.3) is 0 Å². The van der Waals surface area contributed by atoms with Gasteiger partial charge in [-0.25, -0.2) is 9.97 Å². The van der Waals surface area contributed by atoms with Crippen LogP contribution in [0, 0.1) is 5.41 Å². The molecule has 1 aliphatic carbocycles. The Bertz CT molecular complexity index is 291. The molecule has 3 nitrogen and oxygen atoms in total. The quantitative estimate of drug-likeness (QED) is 0.821. The van der Waals surface area contributed by atoms with Crippen molar-refractivity contribution < 1.29 is 0 Å². The van der Waals surface area contributed by atoms with Crippen LogP contribution in [-0.2, 0) is 0 Å². The highest BCUT2D eigenvalue weighted by Gasteiger charge is 2.31. The first kappa shape index (κ1) is 10.4. The Kier molecular flexibility index (Phi) is 3.19. The lowest BCUT2D eigenvalue weighted by Gasteiger charge is -2.27. The van der Waals surface area contributed by atoms with E-state index >= 15 is 0 Å². The number of hydrogen-bond donors (Lipinski definition) is 1. The van der Waals surface area contributed by atoms with Crippen molar-refractivity contribution in [3.63, 3.8) is 0 Å². The van der Waals surface area contributed by atoms with Gasteiger partial charge < -0.3 is 5.32 Å². The van der Waals surface area contributed by atoms with Gasteiger partial charge in [-0.2, -0.15) is 0 Å². The van der Waals surface area contributed by atoms with E-state index < -0.39 is 0 Å². The second kappa shape index (κ2) is 4.60. The van der Waals surface area contributed by atoms with E-state index in [1.165, 1.54) is 32.1 Å². The van der Waals surface area contributed by atoms with E-state index in [1.807, 2.05) is 6.07 Å². The first-order chi connectivity index (χ1) is 7.35. The molecular weight excluding hydrogens is 186 g/mol. The summed E-state index contributed by atoms with van der Waals surface area (Å²) in [6.45, 7) is 3.31. The van der Waals surface area contributed by atoms with Crippen molar-refractivity contribution >= 4 is 5.95 Å². The highest BCUT2D eigenvalue weighted by Crippen LogP contribution is 2.40. The molecule has 15 heavy (non-hydrogen) atoms. The Morgan fingerprint density at radius 1 is 1.27 bits per heavy atom. The summed E-state index contributed by atoms with van der Waals surface area (Å²) in [4.78, 5) is 8.37. The molecule has 0 aromatic carbocycles. The SMILES string of the molecule is CCC1(CNc2ncccn2)CCCC1. The molecule has 3 heteroatoms. The van der Waals surface area contributed by atoms with Gasteiger partial charge in [0.1, 0.15) is 0 Å². The Labute approximate surface area is 91.3 Å². The molecule has 2 rings (SSSR count). The molecule has 0 aliphatic heterocycles. The van der Waals surface area contributed by atoms with Crippen LogP contribution in [0.5, 0.6) is 0 Å². The maximum absolute atomic E-state index is 4.18. The summed E-state index contributed by atoms with van der Waals surface area (Å²) in [7, 11) is 0. The molecule has 0 bridgehead atoms. The Hall–Kier alpha value is -1.12. The number of aromatic nitrogens is 2. The fraction of sp³-hybridized carbons (Fsp3) is 0.667. The second-order valence-electron chi connectivity index (χ2n) is 4.49. The average Bonchev–Trinajstić information content (AvgIpc) is 2.77. The first-order valence-corrected chi connectivity index (χ1v) is 5.86. The third-order valence-corrected chi connectivity index (χ3v) is 3.60. The summed E-state index contributed by atoms with van der Waals surface area (Å²) in [6.07, 6.45) is 10.3. The minimum atomic E-state index is 0.499. The highest BCUT2D eigenvalue weighted by atomic mass is 15.1. The fourth-order valence-corrected chi connectivity index (χ4v) is 2.44. The molecular formula is C12H19N3. The van der Waals surface area contributed by atoms with Crippen LogP contribution in [0.15, 0.2) is 18.5 Å². The van der Waals surface area contributed by atoms with Crippen LogP contribution in [0.3, 0.4) is 0 Å². The number of hydrogen-bond acceptors (Lipinski definition) is 3. The topological polar surface area (TPSA) is 37.8 Å². The molecule has 0 unspecified atom stereocenters. The van der Waals surface area contributed by atoms with E-state index in [2.05, 4.69) is 22.2 Å². The average molecular weight is 205 g/mol. The summed E-state index contributed by atoms with van der Waals surface area (Å²) < 4.78 is 0. The van der Waals surface area contributed by atoms with E-state index in [-0.39, 0.29) is 0 Å². The zero-order valence-corrected chi connectivity index (χ0v) is 9.37. The van der Waals surface area contributed by atoms with Crippen LogP contribution in [0.4, 0.5) is 5.95 Å². The smallest absolute Gasteiger partial charge is 0.222 e. The molecule has 0 atom stereocenters. The number of nitrogens with one attached hydrogen (secondary N) is 1. The number of rotatable bonds is 4. The van der Waals surface area contributed by atoms with Gasteiger partial charge >= 0.3 is 0 Å². The monoisotopic (exact) mass is 205 g/mol. The first-order valence-electron chi connectivity index (χ1n) is 5.86. The summed E-state index contributed by atoms with van der Waals surface area (Å²) in [6, 6.07) is 1.84. The summed E-state index contributed by atoms with van der Waals surface area (Å²) >= 11 is 0. The van der Waals surface area contributed by atoms with E-state index in [4.69, 9.17) is 0 Å². The number of anilines is 1. The van der Waals surface area contributed by atoms with E-state index in [1.54, 1.807) is 12.4 Å². The van der Waals surface area contributed by atoms with Crippen LogP contribution < -0.4 is 5.32 Å². The maximum Gasteiger partial charge on any atom is 0.222 e. The van der Waals surface area contributed by atoms with Gasteiger partial charge in [0.2, 0.25) is 5.95 Å². The van der Waals surface area contributed by atoms with E-state index in [9.17, 15) is 0 Å². The molecule has 1 aliphatic rings. The fourth-order valence-electron chi connectivity index (χ4n) is 2.44. The van der Waals surface area contributed by atoms with Crippen molar-refractivity contribution in [2.24, 2.45) is 5.41 Å². The minimum Gasteiger partial charge on any atom is -0.354 e. The molecule has 1 fully saturated rings.